The summed E-state index contributed by atoms with van der Waals surface area (Å²) in [6.07, 6.45) is 9.13. The third-order valence-electron chi connectivity index (χ3n) is 5.33. The molecule has 1 fully saturated rings. The van der Waals surface area contributed by atoms with Crippen LogP contribution in [0.4, 0.5) is 0 Å². The van der Waals surface area contributed by atoms with Crippen molar-refractivity contribution in [2.45, 2.75) is 51.5 Å². The molecule has 0 spiro atoms. The van der Waals surface area contributed by atoms with Crippen molar-refractivity contribution in [2.24, 2.45) is 5.92 Å². The Bertz CT molecular complexity index is 1030. The molecule has 27 heavy (non-hydrogen) atoms. The van der Waals surface area contributed by atoms with Crippen LogP contribution in [0.25, 0.3) is 11.0 Å². The van der Waals surface area contributed by atoms with E-state index in [9.17, 15) is 14.4 Å². The van der Waals surface area contributed by atoms with Crippen LogP contribution >= 0.6 is 0 Å². The molecule has 2 aromatic rings. The molecule has 0 saturated heterocycles. The summed E-state index contributed by atoms with van der Waals surface area (Å²) in [5, 5.41) is 0.134. The van der Waals surface area contributed by atoms with Gasteiger partial charge in [-0.1, -0.05) is 12.2 Å². The summed E-state index contributed by atoms with van der Waals surface area (Å²) >= 11 is 0. The second-order valence-electron chi connectivity index (χ2n) is 7.32. The van der Waals surface area contributed by atoms with E-state index in [-0.39, 0.29) is 22.5 Å². The van der Waals surface area contributed by atoms with E-state index in [1.807, 2.05) is 0 Å². The first-order chi connectivity index (χ1) is 13.1. The highest BCUT2D eigenvalue weighted by Crippen LogP contribution is 2.40. The highest BCUT2D eigenvalue weighted by atomic mass is 16.5. The Morgan fingerprint density at radius 1 is 1.30 bits per heavy atom. The van der Waals surface area contributed by atoms with Gasteiger partial charge in [-0.15, -0.1) is 0 Å². The molecule has 2 heterocycles. The quantitative estimate of drug-likeness (QED) is 0.645. The van der Waals surface area contributed by atoms with E-state index in [1.54, 1.807) is 13.0 Å². The first kappa shape index (κ1) is 17.7. The lowest BCUT2D eigenvalue weighted by Crippen LogP contribution is -2.32. The number of esters is 1. The lowest BCUT2D eigenvalue weighted by atomic mass is 9.95. The predicted octanol–water partition coefficient (Wildman–Crippen LogP) is 2.50. The topological polar surface area (TPSA) is 94.1 Å². The van der Waals surface area contributed by atoms with Crippen LogP contribution in [0, 0.1) is 5.92 Å². The average Bonchev–Trinajstić information content (AvgIpc) is 3.51. The van der Waals surface area contributed by atoms with Crippen molar-refractivity contribution < 1.29 is 9.53 Å². The summed E-state index contributed by atoms with van der Waals surface area (Å²) in [5.74, 6) is 0.0665. The van der Waals surface area contributed by atoms with Crippen LogP contribution in [-0.4, -0.2) is 27.1 Å². The largest absolute Gasteiger partial charge is 0.462 e. The molecule has 4 rings (SSSR count). The second-order valence-corrected chi connectivity index (χ2v) is 7.32. The number of rotatable bonds is 5. The van der Waals surface area contributed by atoms with Crippen molar-refractivity contribution in [1.29, 1.82) is 0 Å². The van der Waals surface area contributed by atoms with E-state index in [4.69, 9.17) is 4.74 Å². The molecule has 1 atom stereocenters. The molecule has 2 aliphatic carbocycles. The Morgan fingerprint density at radius 3 is 2.78 bits per heavy atom. The van der Waals surface area contributed by atoms with E-state index in [0.29, 0.717) is 19.1 Å². The normalized spacial score (nSPS) is 19.4. The van der Waals surface area contributed by atoms with Gasteiger partial charge < -0.3 is 4.74 Å². The van der Waals surface area contributed by atoms with Crippen molar-refractivity contribution in [3.8, 4) is 0 Å². The van der Waals surface area contributed by atoms with Crippen molar-refractivity contribution >= 4 is 17.0 Å². The van der Waals surface area contributed by atoms with Gasteiger partial charge in [0.05, 0.1) is 17.6 Å². The maximum atomic E-state index is 12.8. The summed E-state index contributed by atoms with van der Waals surface area (Å²) in [6, 6.07) is 1.67. The van der Waals surface area contributed by atoms with Crippen LogP contribution in [-0.2, 0) is 11.3 Å². The molecule has 142 valence electrons. The number of allylic oxidation sites excluding steroid dienone is 2. The van der Waals surface area contributed by atoms with Crippen molar-refractivity contribution in [3.05, 3.63) is 50.3 Å². The molecule has 2 aliphatic rings. The van der Waals surface area contributed by atoms with Gasteiger partial charge in [-0.25, -0.2) is 14.6 Å². The van der Waals surface area contributed by atoms with Crippen molar-refractivity contribution in [2.75, 3.05) is 6.61 Å². The van der Waals surface area contributed by atoms with Crippen LogP contribution in [0.2, 0.25) is 0 Å². The number of H-pyrrole nitrogens is 1. The van der Waals surface area contributed by atoms with E-state index in [2.05, 4.69) is 22.1 Å². The van der Waals surface area contributed by atoms with Gasteiger partial charge in [0.2, 0.25) is 0 Å². The lowest BCUT2D eigenvalue weighted by Gasteiger charge is -2.18. The Hall–Kier alpha value is -2.70. The van der Waals surface area contributed by atoms with Gasteiger partial charge >= 0.3 is 11.7 Å². The van der Waals surface area contributed by atoms with Crippen LogP contribution in [0.15, 0.2) is 27.8 Å². The molecule has 0 amide bonds. The number of fused-ring (bicyclic) bond motifs is 1. The Balaban J connectivity index is 1.76. The number of ether oxygens (including phenoxy) is 1. The minimum atomic E-state index is -0.595. The first-order valence-electron chi connectivity index (χ1n) is 9.58. The monoisotopic (exact) mass is 369 g/mol. The number of pyridine rings is 1. The Labute approximate surface area is 156 Å². The van der Waals surface area contributed by atoms with Gasteiger partial charge in [0.15, 0.2) is 5.65 Å². The number of hydrogen-bond acceptors (Lipinski definition) is 5. The first-order valence-corrected chi connectivity index (χ1v) is 9.58. The van der Waals surface area contributed by atoms with Gasteiger partial charge in [-0.2, -0.15) is 0 Å². The molecular formula is C20H23N3O4. The predicted molar refractivity (Wildman–Crippen MR) is 101 cm³/mol. The highest BCUT2D eigenvalue weighted by Gasteiger charge is 2.29. The molecule has 1 saturated carbocycles. The third-order valence-corrected chi connectivity index (χ3v) is 5.33. The molecular weight excluding hydrogens is 346 g/mol. The zero-order chi connectivity index (χ0) is 19.0. The van der Waals surface area contributed by atoms with Gasteiger partial charge in [0, 0.05) is 18.2 Å². The number of nitrogens with zero attached hydrogens (tertiary/aromatic N) is 2. The van der Waals surface area contributed by atoms with E-state index >= 15 is 0 Å². The number of aromatic amines is 1. The maximum Gasteiger partial charge on any atom is 0.339 e. The molecule has 2 aromatic heterocycles. The number of carbonyl (C=O) groups excluding carboxylic acids is 1. The number of aromatic nitrogens is 3. The summed E-state index contributed by atoms with van der Waals surface area (Å²) in [5.41, 5.74) is 0.119. The van der Waals surface area contributed by atoms with Crippen LogP contribution in [0.3, 0.4) is 0 Å². The van der Waals surface area contributed by atoms with Gasteiger partial charge in [0.1, 0.15) is 0 Å². The molecule has 0 bridgehead atoms. The summed E-state index contributed by atoms with van der Waals surface area (Å²) in [6.45, 7) is 2.49. The Morgan fingerprint density at radius 2 is 2.11 bits per heavy atom. The minimum Gasteiger partial charge on any atom is -0.462 e. The molecule has 0 aromatic carbocycles. The Kier molecular flexibility index (Phi) is 4.68. The maximum absolute atomic E-state index is 12.8. The van der Waals surface area contributed by atoms with Crippen LogP contribution in [0.1, 0.15) is 61.0 Å². The zero-order valence-corrected chi connectivity index (χ0v) is 15.4. The molecule has 1 unspecified atom stereocenters. The smallest absolute Gasteiger partial charge is 0.339 e. The van der Waals surface area contributed by atoms with Gasteiger partial charge in [-0.3, -0.25) is 14.3 Å². The van der Waals surface area contributed by atoms with E-state index in [0.717, 1.165) is 37.8 Å². The van der Waals surface area contributed by atoms with Gasteiger partial charge in [0.25, 0.3) is 5.56 Å². The third kappa shape index (κ3) is 3.46. The molecule has 7 nitrogen and oxygen atoms in total. The molecule has 0 radical (unpaired) electrons. The van der Waals surface area contributed by atoms with Crippen molar-refractivity contribution in [1.82, 2.24) is 14.5 Å². The standard InChI is InChI=1S/C20H23N3O4/c1-2-23-17-16(18(24)22-20(23)26)14(10-15(21-17)13-8-9-13)19(25)27-11-12-6-4-3-5-7-12/h3-4,10,12-13H,2,5-9,11H2,1H3,(H,22,24,26). The molecule has 7 heteroatoms. The average molecular weight is 369 g/mol. The fourth-order valence-corrected chi connectivity index (χ4v) is 3.61. The van der Waals surface area contributed by atoms with Crippen LogP contribution in [0.5, 0.6) is 0 Å². The molecule has 0 aliphatic heterocycles. The lowest BCUT2D eigenvalue weighted by molar-refractivity contribution is 0.0434. The molecule has 1 N–H and O–H groups in total. The van der Waals surface area contributed by atoms with Gasteiger partial charge in [-0.05, 0) is 51.0 Å². The number of carbonyl (C=O) groups is 1. The summed E-state index contributed by atoms with van der Waals surface area (Å²) in [7, 11) is 0. The van der Waals surface area contributed by atoms with E-state index < -0.39 is 17.2 Å². The minimum absolute atomic E-state index is 0.134. The fourth-order valence-electron chi connectivity index (χ4n) is 3.61. The fraction of sp³-hybridized carbons (Fsp3) is 0.500. The van der Waals surface area contributed by atoms with Crippen LogP contribution < -0.4 is 11.2 Å². The zero-order valence-electron chi connectivity index (χ0n) is 15.4. The second kappa shape index (κ2) is 7.13. The SMILES string of the molecule is CCn1c(=O)[nH]c(=O)c2c(C(=O)OCC3CC=CCC3)cc(C3CC3)nc21. The summed E-state index contributed by atoms with van der Waals surface area (Å²) in [4.78, 5) is 44.3. The van der Waals surface area contributed by atoms with E-state index in [1.165, 1.54) is 4.57 Å². The summed E-state index contributed by atoms with van der Waals surface area (Å²) < 4.78 is 6.94. The number of aryl methyl sites for hydroxylation is 1. The number of hydrogen-bond donors (Lipinski definition) is 1. The van der Waals surface area contributed by atoms with Crippen molar-refractivity contribution in [3.63, 3.8) is 0 Å². The number of nitrogens with one attached hydrogen (secondary N) is 1. The highest BCUT2D eigenvalue weighted by molar-refractivity contribution is 6.02.